The van der Waals surface area contributed by atoms with Gasteiger partial charge in [-0.15, -0.1) is 0 Å². The molecule has 0 unspecified atom stereocenters. The van der Waals surface area contributed by atoms with E-state index in [2.05, 4.69) is 20.3 Å². The number of methoxy groups -OCH3 is 1. The number of hydrogen-bond donors (Lipinski definition) is 3. The molecule has 0 spiro atoms. The van der Waals surface area contributed by atoms with Gasteiger partial charge in [0.1, 0.15) is 0 Å². The van der Waals surface area contributed by atoms with Crippen molar-refractivity contribution in [3.63, 3.8) is 0 Å². The fraction of sp³-hybridized carbons (Fsp3) is 0.250. The van der Waals surface area contributed by atoms with Gasteiger partial charge in [0.2, 0.25) is 0 Å². The number of nitrogens with zero attached hydrogens (tertiary/aromatic N) is 1. The Balaban J connectivity index is 2.09. The highest BCUT2D eigenvalue weighted by Crippen LogP contribution is 2.18. The Bertz CT molecular complexity index is 620. The molecule has 0 aliphatic rings. The lowest BCUT2D eigenvalue weighted by atomic mass is 10.2. The summed E-state index contributed by atoms with van der Waals surface area (Å²) in [7, 11) is 1.30. The van der Waals surface area contributed by atoms with Crippen LogP contribution in [0.1, 0.15) is 16.9 Å². The summed E-state index contributed by atoms with van der Waals surface area (Å²) < 4.78 is 4.48. The fourth-order valence-electron chi connectivity index (χ4n) is 1.67. The first kappa shape index (κ1) is 12.9. The van der Waals surface area contributed by atoms with Crippen molar-refractivity contribution in [1.82, 2.24) is 15.5 Å². The molecule has 1 heterocycles. The zero-order valence-electron chi connectivity index (χ0n) is 10.4. The molecule has 1 amide bonds. The molecule has 0 aliphatic heterocycles. The molecule has 0 fully saturated rings. The molecule has 100 valence electrons. The SMILES string of the molecule is COC(=O)CCNC(=O)c1n[nH]c2ccc(N)cc12. The molecule has 19 heavy (non-hydrogen) atoms. The van der Waals surface area contributed by atoms with Gasteiger partial charge in [0.05, 0.1) is 19.0 Å². The van der Waals surface area contributed by atoms with E-state index in [1.165, 1.54) is 7.11 Å². The first-order valence-corrected chi connectivity index (χ1v) is 5.70. The number of aromatic nitrogens is 2. The molecule has 1 aromatic carbocycles. The number of esters is 1. The molecule has 2 rings (SSSR count). The Labute approximate surface area is 109 Å². The molecule has 7 nitrogen and oxygen atoms in total. The summed E-state index contributed by atoms with van der Waals surface area (Å²) in [4.78, 5) is 22.8. The van der Waals surface area contributed by atoms with Crippen molar-refractivity contribution in [3.05, 3.63) is 23.9 Å². The van der Waals surface area contributed by atoms with Crippen LogP contribution in [0.4, 0.5) is 5.69 Å². The van der Waals surface area contributed by atoms with Gasteiger partial charge in [0.15, 0.2) is 5.69 Å². The molecule has 0 atom stereocenters. The van der Waals surface area contributed by atoms with Crippen LogP contribution < -0.4 is 11.1 Å². The maximum Gasteiger partial charge on any atom is 0.307 e. The summed E-state index contributed by atoms with van der Waals surface area (Å²) in [6.45, 7) is 0.197. The summed E-state index contributed by atoms with van der Waals surface area (Å²) in [6, 6.07) is 5.15. The van der Waals surface area contributed by atoms with Crippen molar-refractivity contribution in [2.45, 2.75) is 6.42 Å². The van der Waals surface area contributed by atoms with Crippen LogP contribution in [0.2, 0.25) is 0 Å². The predicted octanol–water partition coefficient (Wildman–Crippen LogP) is 0.438. The van der Waals surface area contributed by atoms with E-state index >= 15 is 0 Å². The van der Waals surface area contributed by atoms with Gasteiger partial charge >= 0.3 is 5.97 Å². The first-order valence-electron chi connectivity index (χ1n) is 5.70. The van der Waals surface area contributed by atoms with Crippen LogP contribution in [0.15, 0.2) is 18.2 Å². The lowest BCUT2D eigenvalue weighted by molar-refractivity contribution is -0.140. The number of nitrogens with two attached hydrogens (primary N) is 1. The Morgan fingerprint density at radius 3 is 3.00 bits per heavy atom. The van der Waals surface area contributed by atoms with E-state index in [-0.39, 0.29) is 30.5 Å². The van der Waals surface area contributed by atoms with Crippen molar-refractivity contribution in [1.29, 1.82) is 0 Å². The van der Waals surface area contributed by atoms with E-state index in [0.717, 1.165) is 5.52 Å². The van der Waals surface area contributed by atoms with Gasteiger partial charge in [0, 0.05) is 17.6 Å². The van der Waals surface area contributed by atoms with Gasteiger partial charge in [-0.2, -0.15) is 5.10 Å². The van der Waals surface area contributed by atoms with Gasteiger partial charge in [-0.25, -0.2) is 0 Å². The number of H-pyrrole nitrogens is 1. The molecule has 2 aromatic rings. The number of fused-ring (bicyclic) bond motifs is 1. The second-order valence-electron chi connectivity index (χ2n) is 3.96. The third-order valence-corrected chi connectivity index (χ3v) is 2.64. The van der Waals surface area contributed by atoms with Crippen LogP contribution in [0.25, 0.3) is 10.9 Å². The number of rotatable bonds is 4. The van der Waals surface area contributed by atoms with E-state index in [1.807, 2.05) is 0 Å². The highest BCUT2D eigenvalue weighted by atomic mass is 16.5. The van der Waals surface area contributed by atoms with Crippen LogP contribution in [0, 0.1) is 0 Å². The number of hydrogen-bond acceptors (Lipinski definition) is 5. The highest BCUT2D eigenvalue weighted by Gasteiger charge is 2.14. The normalized spacial score (nSPS) is 10.4. The molecule has 0 bridgehead atoms. The van der Waals surface area contributed by atoms with E-state index in [9.17, 15) is 9.59 Å². The summed E-state index contributed by atoms with van der Waals surface area (Å²) in [5.74, 6) is -0.739. The Morgan fingerprint density at radius 1 is 1.47 bits per heavy atom. The highest BCUT2D eigenvalue weighted by molar-refractivity contribution is 6.05. The van der Waals surface area contributed by atoms with Crippen LogP contribution in [-0.4, -0.2) is 35.7 Å². The van der Waals surface area contributed by atoms with Gasteiger partial charge in [-0.3, -0.25) is 14.7 Å². The number of amides is 1. The largest absolute Gasteiger partial charge is 0.469 e. The topological polar surface area (TPSA) is 110 Å². The maximum absolute atomic E-state index is 11.9. The van der Waals surface area contributed by atoms with Crippen molar-refractivity contribution in [2.24, 2.45) is 0 Å². The average molecular weight is 262 g/mol. The second kappa shape index (κ2) is 5.38. The first-order chi connectivity index (χ1) is 9.11. The molecular weight excluding hydrogens is 248 g/mol. The van der Waals surface area contributed by atoms with E-state index < -0.39 is 0 Å². The fourth-order valence-corrected chi connectivity index (χ4v) is 1.67. The van der Waals surface area contributed by atoms with Crippen LogP contribution in [0.5, 0.6) is 0 Å². The van der Waals surface area contributed by atoms with E-state index in [4.69, 9.17) is 5.73 Å². The predicted molar refractivity (Wildman–Crippen MR) is 69.5 cm³/mol. The van der Waals surface area contributed by atoms with Crippen molar-refractivity contribution >= 4 is 28.5 Å². The van der Waals surface area contributed by atoms with Crippen LogP contribution in [0.3, 0.4) is 0 Å². The van der Waals surface area contributed by atoms with E-state index in [1.54, 1.807) is 18.2 Å². The summed E-state index contributed by atoms with van der Waals surface area (Å²) in [5, 5.41) is 9.94. The van der Waals surface area contributed by atoms with Crippen LogP contribution >= 0.6 is 0 Å². The molecule has 0 saturated carbocycles. The molecular formula is C12H14N4O3. The number of carbonyl (C=O) groups is 2. The lowest BCUT2D eigenvalue weighted by Gasteiger charge is -2.02. The van der Waals surface area contributed by atoms with Crippen LogP contribution in [-0.2, 0) is 9.53 Å². The molecule has 0 aliphatic carbocycles. The third kappa shape index (κ3) is 2.82. The smallest absolute Gasteiger partial charge is 0.307 e. The quantitative estimate of drug-likeness (QED) is 0.547. The minimum atomic E-state index is -0.378. The number of aromatic amines is 1. The van der Waals surface area contributed by atoms with Crippen molar-refractivity contribution < 1.29 is 14.3 Å². The van der Waals surface area contributed by atoms with Gasteiger partial charge in [-0.05, 0) is 18.2 Å². The zero-order valence-corrected chi connectivity index (χ0v) is 10.4. The van der Waals surface area contributed by atoms with Gasteiger partial charge in [0.25, 0.3) is 5.91 Å². The number of anilines is 1. The average Bonchev–Trinajstić information content (AvgIpc) is 2.81. The number of ether oxygens (including phenoxy) is 1. The standard InChI is InChI=1S/C12H14N4O3/c1-19-10(17)4-5-14-12(18)11-8-6-7(13)2-3-9(8)15-16-11/h2-3,6H,4-5,13H2,1H3,(H,14,18)(H,15,16). The number of nitrogen functional groups attached to an aromatic ring is 1. The third-order valence-electron chi connectivity index (χ3n) is 2.64. The maximum atomic E-state index is 11.9. The molecule has 4 N–H and O–H groups in total. The Morgan fingerprint density at radius 2 is 2.26 bits per heavy atom. The van der Waals surface area contributed by atoms with Gasteiger partial charge in [-0.1, -0.05) is 0 Å². The van der Waals surface area contributed by atoms with E-state index in [0.29, 0.717) is 11.1 Å². The summed E-state index contributed by atoms with van der Waals surface area (Å²) >= 11 is 0. The lowest BCUT2D eigenvalue weighted by Crippen LogP contribution is -2.26. The Hall–Kier alpha value is -2.57. The van der Waals surface area contributed by atoms with Crippen molar-refractivity contribution in [3.8, 4) is 0 Å². The van der Waals surface area contributed by atoms with Gasteiger partial charge < -0.3 is 15.8 Å². The molecule has 0 radical (unpaired) electrons. The molecule has 1 aromatic heterocycles. The molecule has 7 heteroatoms. The monoisotopic (exact) mass is 262 g/mol. The summed E-state index contributed by atoms with van der Waals surface area (Å²) in [6.07, 6.45) is 0.118. The van der Waals surface area contributed by atoms with Crippen molar-refractivity contribution in [2.75, 3.05) is 19.4 Å². The Kier molecular flexibility index (Phi) is 3.65. The summed E-state index contributed by atoms with van der Waals surface area (Å²) in [5.41, 5.74) is 7.21. The number of carbonyl (C=O) groups excluding carboxylic acids is 2. The number of nitrogens with one attached hydrogen (secondary N) is 2. The minimum absolute atomic E-state index is 0.118. The second-order valence-corrected chi connectivity index (χ2v) is 3.96. The molecule has 0 saturated heterocycles. The zero-order chi connectivity index (χ0) is 13.8. The minimum Gasteiger partial charge on any atom is -0.469 e. The number of benzene rings is 1.